The first-order chi connectivity index (χ1) is 22.1. The molecule has 0 saturated heterocycles. The molecule has 0 aliphatic heterocycles. The molecule has 4 nitrogen and oxygen atoms in total. The molecule has 1 atom stereocenters. The van der Waals surface area contributed by atoms with E-state index in [1.807, 2.05) is 4.67 Å². The fourth-order valence-electron chi connectivity index (χ4n) is 5.90. The van der Waals surface area contributed by atoms with Crippen molar-refractivity contribution in [2.45, 2.75) is 200 Å². The van der Waals surface area contributed by atoms with Gasteiger partial charge in [0.05, 0.1) is 0 Å². The summed E-state index contributed by atoms with van der Waals surface area (Å²) in [7, 11) is -2.96. The van der Waals surface area contributed by atoms with Crippen LogP contribution in [0.5, 0.6) is 0 Å². The predicted molar refractivity (Wildman–Crippen MR) is 209 cm³/mol. The van der Waals surface area contributed by atoms with E-state index < -0.39 is 7.59 Å². The van der Waals surface area contributed by atoms with Gasteiger partial charge in [0.1, 0.15) is 0 Å². The second-order valence-electron chi connectivity index (χ2n) is 13.4. The Bertz CT molecular complexity index is 687. The molecule has 45 heavy (non-hydrogen) atoms. The first kappa shape index (κ1) is 45.1. The number of nitrogens with one attached hydrogen (secondary N) is 1. The summed E-state index contributed by atoms with van der Waals surface area (Å²) in [6.45, 7) is 6.95. The third-order valence-corrected chi connectivity index (χ3v) is 11.4. The van der Waals surface area contributed by atoms with Gasteiger partial charge in [-0.1, -0.05) is 170 Å². The normalized spacial score (nSPS) is 13.5. The van der Waals surface area contributed by atoms with Gasteiger partial charge in [-0.3, -0.25) is 10.1 Å². The minimum absolute atomic E-state index is 0.757. The monoisotopic (exact) mass is 716 g/mol. The predicted octanol–water partition coefficient (Wildman–Crippen LogP) is 13.8. The molecular weight excluding hydrogens is 637 g/mol. The van der Waals surface area contributed by atoms with E-state index in [-0.39, 0.29) is 0 Å². The quantitative estimate of drug-likeness (QED) is 0.0291. The second kappa shape index (κ2) is 36.9. The Hall–Kier alpha value is 0.0700. The highest BCUT2D eigenvalue weighted by atomic mass is 79.9. The smallest absolute Gasteiger partial charge is 0.271 e. The summed E-state index contributed by atoms with van der Waals surface area (Å²) < 4.78 is 15.4. The summed E-state index contributed by atoms with van der Waals surface area (Å²) in [6, 6.07) is 0. The number of nitrogens with two attached hydrogens (primary N) is 1. The van der Waals surface area contributed by atoms with E-state index in [0.29, 0.717) is 0 Å². The van der Waals surface area contributed by atoms with Crippen molar-refractivity contribution < 1.29 is 4.57 Å². The van der Waals surface area contributed by atoms with Crippen molar-refractivity contribution in [2.24, 2.45) is 5.50 Å². The molecule has 1 unspecified atom stereocenters. The molecule has 0 aromatic carbocycles. The van der Waals surface area contributed by atoms with Gasteiger partial charge in [-0.15, -0.1) is 0 Å². The van der Waals surface area contributed by atoms with E-state index in [1.165, 1.54) is 167 Å². The molecule has 0 aliphatic carbocycles. The van der Waals surface area contributed by atoms with Crippen molar-refractivity contribution in [3.63, 3.8) is 0 Å². The van der Waals surface area contributed by atoms with E-state index in [1.54, 1.807) is 0 Å². The minimum Gasteiger partial charge on any atom is -0.271 e. The SMILES string of the molecule is CCCCCCCC/C=C\CCCCCCCCNP(N)(=O)N(CCCBr)CCCCCCCC/C=C\CCCCCCCC. The average molecular weight is 717 g/mol. The molecule has 0 heterocycles. The van der Waals surface area contributed by atoms with Crippen molar-refractivity contribution in [1.82, 2.24) is 9.76 Å². The topological polar surface area (TPSA) is 58.4 Å². The number of hydrogen-bond acceptors (Lipinski definition) is 1. The molecule has 0 saturated carbocycles. The molecular formula is C39H79BrN3OP. The second-order valence-corrected chi connectivity index (χ2v) is 16.3. The molecule has 6 heteroatoms. The lowest BCUT2D eigenvalue weighted by molar-refractivity contribution is 0.386. The van der Waals surface area contributed by atoms with Gasteiger partial charge >= 0.3 is 0 Å². The summed E-state index contributed by atoms with van der Waals surface area (Å²) in [4.78, 5) is 0. The molecule has 0 bridgehead atoms. The van der Waals surface area contributed by atoms with Crippen molar-refractivity contribution in [3.8, 4) is 0 Å². The Morgan fingerprint density at radius 1 is 0.511 bits per heavy atom. The van der Waals surface area contributed by atoms with Crippen LogP contribution in [0.2, 0.25) is 0 Å². The summed E-state index contributed by atoms with van der Waals surface area (Å²) in [5.41, 5.74) is 6.38. The van der Waals surface area contributed by atoms with E-state index >= 15 is 0 Å². The highest BCUT2D eigenvalue weighted by Crippen LogP contribution is 2.37. The van der Waals surface area contributed by atoms with E-state index in [2.05, 4.69) is 59.2 Å². The van der Waals surface area contributed by atoms with E-state index in [9.17, 15) is 4.57 Å². The zero-order chi connectivity index (χ0) is 32.9. The standard InChI is InChI=1S/C39H79BrN3OP/c1-3-5-7-9-11-13-15-17-19-21-23-25-27-29-31-33-37-42-45(41,44)43(39-35-36-40)38-34-32-30-28-26-24-22-20-18-16-14-12-10-8-6-4-2/h17-20H,3-16,21-39H2,1-2H3,(H3,41,42,44)/b19-17-,20-18-. The van der Waals surface area contributed by atoms with Crippen molar-refractivity contribution in [2.75, 3.05) is 25.0 Å². The highest BCUT2D eigenvalue weighted by Gasteiger charge is 2.24. The Labute approximate surface area is 291 Å². The van der Waals surface area contributed by atoms with Gasteiger partial charge in [-0.2, -0.15) is 0 Å². The molecule has 0 amide bonds. The van der Waals surface area contributed by atoms with Crippen LogP contribution in [0, 0.1) is 0 Å². The summed E-state index contributed by atoms with van der Waals surface area (Å²) in [5, 5.41) is 4.17. The van der Waals surface area contributed by atoms with Gasteiger partial charge in [0.2, 0.25) is 0 Å². The lowest BCUT2D eigenvalue weighted by atomic mass is 10.1. The van der Waals surface area contributed by atoms with Crippen molar-refractivity contribution in [3.05, 3.63) is 24.3 Å². The molecule has 0 radical (unpaired) electrons. The number of nitrogens with zero attached hydrogens (tertiary/aromatic N) is 1. The maximum absolute atomic E-state index is 13.3. The van der Waals surface area contributed by atoms with Crippen LogP contribution >= 0.6 is 23.5 Å². The number of hydrogen-bond donors (Lipinski definition) is 2. The van der Waals surface area contributed by atoms with Crippen LogP contribution in [-0.2, 0) is 4.57 Å². The maximum atomic E-state index is 13.3. The molecule has 0 aliphatic rings. The molecule has 268 valence electrons. The highest BCUT2D eigenvalue weighted by molar-refractivity contribution is 9.09. The van der Waals surface area contributed by atoms with Gasteiger partial charge in [-0.25, -0.2) is 9.76 Å². The molecule has 0 aromatic heterocycles. The molecule has 0 rings (SSSR count). The van der Waals surface area contributed by atoms with Crippen LogP contribution < -0.4 is 10.6 Å². The Morgan fingerprint density at radius 3 is 1.24 bits per heavy atom. The van der Waals surface area contributed by atoms with Crippen LogP contribution in [0.4, 0.5) is 0 Å². The maximum Gasteiger partial charge on any atom is 0.279 e. The Morgan fingerprint density at radius 2 is 0.844 bits per heavy atom. The minimum atomic E-state index is -2.96. The number of alkyl halides is 1. The van der Waals surface area contributed by atoms with Crippen LogP contribution in [0.1, 0.15) is 200 Å². The summed E-state index contributed by atoms with van der Waals surface area (Å²) in [6.07, 6.45) is 47.1. The average Bonchev–Trinajstić information content (AvgIpc) is 3.03. The van der Waals surface area contributed by atoms with Gasteiger partial charge in [0.25, 0.3) is 7.59 Å². The number of halogens is 1. The lowest BCUT2D eigenvalue weighted by Gasteiger charge is -2.29. The van der Waals surface area contributed by atoms with E-state index in [4.69, 9.17) is 5.50 Å². The zero-order valence-corrected chi connectivity index (χ0v) is 32.9. The van der Waals surface area contributed by atoms with Crippen molar-refractivity contribution in [1.29, 1.82) is 0 Å². The van der Waals surface area contributed by atoms with Crippen LogP contribution in [0.3, 0.4) is 0 Å². The fraction of sp³-hybridized carbons (Fsp3) is 0.897. The van der Waals surface area contributed by atoms with Crippen LogP contribution in [0.25, 0.3) is 0 Å². The summed E-state index contributed by atoms with van der Waals surface area (Å²) >= 11 is 3.54. The first-order valence-corrected chi connectivity index (χ1v) is 22.7. The first-order valence-electron chi connectivity index (χ1n) is 19.8. The molecule has 3 N–H and O–H groups in total. The third kappa shape index (κ3) is 33.8. The molecule has 0 aromatic rings. The van der Waals surface area contributed by atoms with Gasteiger partial charge in [-0.05, 0) is 70.6 Å². The Kier molecular flexibility index (Phi) is 37.0. The third-order valence-electron chi connectivity index (χ3n) is 8.93. The van der Waals surface area contributed by atoms with Gasteiger partial charge in [0.15, 0.2) is 0 Å². The van der Waals surface area contributed by atoms with Crippen LogP contribution in [0.15, 0.2) is 24.3 Å². The number of rotatable bonds is 37. The Balaban J connectivity index is 3.79. The number of unbranched alkanes of at least 4 members (excludes halogenated alkanes) is 24. The van der Waals surface area contributed by atoms with Crippen molar-refractivity contribution >= 4 is 23.5 Å². The van der Waals surface area contributed by atoms with E-state index in [0.717, 1.165) is 44.2 Å². The number of allylic oxidation sites excluding steroid dienone is 4. The summed E-state index contributed by atoms with van der Waals surface area (Å²) in [5.74, 6) is 0. The van der Waals surface area contributed by atoms with Gasteiger partial charge in [0, 0.05) is 25.0 Å². The molecule has 0 spiro atoms. The lowest BCUT2D eigenvalue weighted by Crippen LogP contribution is -2.34. The van der Waals surface area contributed by atoms with Crippen LogP contribution in [-0.4, -0.2) is 29.6 Å². The molecule has 0 fully saturated rings. The zero-order valence-electron chi connectivity index (χ0n) is 30.4. The van der Waals surface area contributed by atoms with Gasteiger partial charge < -0.3 is 0 Å². The fourth-order valence-corrected chi connectivity index (χ4v) is 7.71. The largest absolute Gasteiger partial charge is 0.279 e.